The lowest BCUT2D eigenvalue weighted by Gasteiger charge is -2.11. The van der Waals surface area contributed by atoms with Gasteiger partial charge in [0.25, 0.3) is 0 Å². The van der Waals surface area contributed by atoms with Crippen LogP contribution in [0.3, 0.4) is 0 Å². The summed E-state index contributed by atoms with van der Waals surface area (Å²) >= 11 is 0. The Balaban J connectivity index is 1.86. The molecule has 0 amide bonds. The lowest BCUT2D eigenvalue weighted by atomic mass is 10.1. The second-order valence-corrected chi connectivity index (χ2v) is 5.98. The number of aromatic nitrogens is 2. The predicted octanol–water partition coefficient (Wildman–Crippen LogP) is 2.72. The van der Waals surface area contributed by atoms with Crippen LogP contribution in [0.25, 0.3) is 0 Å². The lowest BCUT2D eigenvalue weighted by molar-refractivity contribution is 0.729. The van der Waals surface area contributed by atoms with Crippen molar-refractivity contribution < 1.29 is 0 Å². The number of benzene rings is 1. The molecule has 0 saturated heterocycles. The highest BCUT2D eigenvalue weighted by Gasteiger charge is 2.08. The molecule has 130 valence electrons. The van der Waals surface area contributed by atoms with Crippen LogP contribution in [-0.4, -0.2) is 28.8 Å². The molecule has 0 aliphatic heterocycles. The zero-order valence-corrected chi connectivity index (χ0v) is 15.3. The molecule has 1 aromatic carbocycles. The average molecular weight is 327 g/mol. The summed E-state index contributed by atoms with van der Waals surface area (Å²) in [5.41, 5.74) is 4.82. The van der Waals surface area contributed by atoms with E-state index in [-0.39, 0.29) is 0 Å². The molecule has 1 heterocycles. The van der Waals surface area contributed by atoms with Gasteiger partial charge in [0.2, 0.25) is 0 Å². The summed E-state index contributed by atoms with van der Waals surface area (Å²) in [6, 6.07) is 10.6. The zero-order valence-electron chi connectivity index (χ0n) is 15.3. The van der Waals surface area contributed by atoms with E-state index in [2.05, 4.69) is 59.9 Å². The zero-order chi connectivity index (χ0) is 17.4. The van der Waals surface area contributed by atoms with Crippen LogP contribution in [0.2, 0.25) is 0 Å². The first-order chi connectivity index (χ1) is 11.6. The van der Waals surface area contributed by atoms with Crippen LogP contribution in [0.5, 0.6) is 0 Å². The van der Waals surface area contributed by atoms with E-state index in [9.17, 15) is 0 Å². The minimum atomic E-state index is 0.652. The minimum absolute atomic E-state index is 0.652. The molecule has 0 fully saturated rings. The van der Waals surface area contributed by atoms with Crippen molar-refractivity contribution in [2.45, 2.75) is 40.2 Å². The standard InChI is InChI=1S/C19H29N5/c1-5-20-19(21-13-9-12-17-10-7-6-8-11-17)22-14-18-15(2)23-24(4)16(18)3/h6-8,10-11H,5,9,12-14H2,1-4H3,(H2,20,21,22). The fourth-order valence-corrected chi connectivity index (χ4v) is 2.69. The third-order valence-electron chi connectivity index (χ3n) is 4.18. The van der Waals surface area contributed by atoms with Crippen LogP contribution in [0, 0.1) is 13.8 Å². The molecule has 2 N–H and O–H groups in total. The average Bonchev–Trinajstić information content (AvgIpc) is 2.82. The molecule has 0 bridgehead atoms. The number of hydrogen-bond donors (Lipinski definition) is 2. The van der Waals surface area contributed by atoms with Crippen LogP contribution >= 0.6 is 0 Å². The molecule has 2 rings (SSSR count). The summed E-state index contributed by atoms with van der Waals surface area (Å²) in [7, 11) is 1.97. The monoisotopic (exact) mass is 327 g/mol. The van der Waals surface area contributed by atoms with Crippen molar-refractivity contribution in [1.82, 2.24) is 20.4 Å². The molecule has 5 nitrogen and oxygen atoms in total. The summed E-state index contributed by atoms with van der Waals surface area (Å²) in [6.07, 6.45) is 2.16. The Kier molecular flexibility index (Phi) is 6.85. The van der Waals surface area contributed by atoms with E-state index in [0.29, 0.717) is 6.54 Å². The maximum atomic E-state index is 4.70. The van der Waals surface area contributed by atoms with Crippen LogP contribution in [0.4, 0.5) is 0 Å². The fourth-order valence-electron chi connectivity index (χ4n) is 2.69. The van der Waals surface area contributed by atoms with Gasteiger partial charge in [0, 0.05) is 31.4 Å². The van der Waals surface area contributed by atoms with Crippen molar-refractivity contribution in [3.05, 3.63) is 52.8 Å². The van der Waals surface area contributed by atoms with Crippen LogP contribution < -0.4 is 10.6 Å². The van der Waals surface area contributed by atoms with E-state index in [1.165, 1.54) is 16.8 Å². The molecule has 0 unspecified atom stereocenters. The topological polar surface area (TPSA) is 54.2 Å². The Morgan fingerprint density at radius 3 is 2.54 bits per heavy atom. The van der Waals surface area contributed by atoms with Crippen LogP contribution in [0.1, 0.15) is 35.9 Å². The van der Waals surface area contributed by atoms with Crippen molar-refractivity contribution in [3.63, 3.8) is 0 Å². The van der Waals surface area contributed by atoms with Crippen LogP contribution in [0.15, 0.2) is 35.3 Å². The van der Waals surface area contributed by atoms with Crippen LogP contribution in [-0.2, 0) is 20.0 Å². The quantitative estimate of drug-likeness (QED) is 0.467. The lowest BCUT2D eigenvalue weighted by Crippen LogP contribution is -2.37. The molecule has 0 aliphatic carbocycles. The Hall–Kier alpha value is -2.30. The molecule has 0 spiro atoms. The Morgan fingerprint density at radius 2 is 1.92 bits per heavy atom. The summed E-state index contributed by atoms with van der Waals surface area (Å²) in [4.78, 5) is 4.70. The van der Waals surface area contributed by atoms with E-state index in [4.69, 9.17) is 4.99 Å². The number of guanidine groups is 1. The normalized spacial score (nSPS) is 11.6. The number of aryl methyl sites for hydroxylation is 3. The number of hydrogen-bond acceptors (Lipinski definition) is 2. The highest BCUT2D eigenvalue weighted by molar-refractivity contribution is 5.79. The van der Waals surface area contributed by atoms with Gasteiger partial charge in [-0.15, -0.1) is 0 Å². The Labute approximate surface area is 145 Å². The summed E-state index contributed by atoms with van der Waals surface area (Å²) in [5, 5.41) is 11.2. The highest BCUT2D eigenvalue weighted by atomic mass is 15.3. The van der Waals surface area contributed by atoms with E-state index in [1.54, 1.807) is 0 Å². The Morgan fingerprint density at radius 1 is 1.17 bits per heavy atom. The molecular weight excluding hydrogens is 298 g/mol. The van der Waals surface area contributed by atoms with E-state index < -0.39 is 0 Å². The van der Waals surface area contributed by atoms with Crippen molar-refractivity contribution in [1.29, 1.82) is 0 Å². The van der Waals surface area contributed by atoms with Gasteiger partial charge in [0.05, 0.1) is 12.2 Å². The van der Waals surface area contributed by atoms with Gasteiger partial charge < -0.3 is 10.6 Å². The summed E-state index contributed by atoms with van der Waals surface area (Å²) in [5.74, 6) is 0.869. The molecule has 0 aliphatic rings. The van der Waals surface area contributed by atoms with Crippen molar-refractivity contribution in [3.8, 4) is 0 Å². The molecule has 0 radical (unpaired) electrons. The van der Waals surface area contributed by atoms with Crippen molar-refractivity contribution >= 4 is 5.96 Å². The second-order valence-electron chi connectivity index (χ2n) is 5.98. The second kappa shape index (κ2) is 9.11. The minimum Gasteiger partial charge on any atom is -0.357 e. The third-order valence-corrected chi connectivity index (χ3v) is 4.18. The van der Waals surface area contributed by atoms with E-state index in [0.717, 1.165) is 37.6 Å². The number of aliphatic imine (C=N–C) groups is 1. The first-order valence-electron chi connectivity index (χ1n) is 8.67. The van der Waals surface area contributed by atoms with Gasteiger partial charge in [-0.2, -0.15) is 5.10 Å². The van der Waals surface area contributed by atoms with Gasteiger partial charge in [-0.1, -0.05) is 30.3 Å². The molecule has 2 aromatic rings. The molecule has 0 saturated carbocycles. The first kappa shape index (κ1) is 18.0. The van der Waals surface area contributed by atoms with Gasteiger partial charge in [-0.05, 0) is 39.2 Å². The number of rotatable bonds is 7. The number of nitrogens with zero attached hydrogens (tertiary/aromatic N) is 3. The van der Waals surface area contributed by atoms with E-state index >= 15 is 0 Å². The van der Waals surface area contributed by atoms with Crippen molar-refractivity contribution in [2.75, 3.05) is 13.1 Å². The highest BCUT2D eigenvalue weighted by Crippen LogP contribution is 2.12. The molecule has 24 heavy (non-hydrogen) atoms. The van der Waals surface area contributed by atoms with Gasteiger partial charge in [0.1, 0.15) is 0 Å². The molecule has 0 atom stereocenters. The predicted molar refractivity (Wildman–Crippen MR) is 100 cm³/mol. The summed E-state index contributed by atoms with van der Waals surface area (Å²) in [6.45, 7) is 8.63. The van der Waals surface area contributed by atoms with Gasteiger partial charge >= 0.3 is 0 Å². The Bertz CT molecular complexity index is 658. The van der Waals surface area contributed by atoms with E-state index in [1.807, 2.05) is 18.7 Å². The molecule has 1 aromatic heterocycles. The third kappa shape index (κ3) is 5.11. The maximum absolute atomic E-state index is 4.70. The largest absolute Gasteiger partial charge is 0.357 e. The molecule has 5 heteroatoms. The SMILES string of the molecule is CCNC(=NCc1c(C)nn(C)c1C)NCCCc1ccccc1. The van der Waals surface area contributed by atoms with Gasteiger partial charge in [-0.25, -0.2) is 4.99 Å². The van der Waals surface area contributed by atoms with Gasteiger partial charge in [0.15, 0.2) is 5.96 Å². The molecular formula is C19H29N5. The van der Waals surface area contributed by atoms with Gasteiger partial charge in [-0.3, -0.25) is 4.68 Å². The maximum Gasteiger partial charge on any atom is 0.191 e. The number of nitrogens with one attached hydrogen (secondary N) is 2. The fraction of sp³-hybridized carbons (Fsp3) is 0.474. The first-order valence-corrected chi connectivity index (χ1v) is 8.67. The smallest absolute Gasteiger partial charge is 0.191 e. The van der Waals surface area contributed by atoms with Crippen molar-refractivity contribution in [2.24, 2.45) is 12.0 Å². The summed E-state index contributed by atoms with van der Waals surface area (Å²) < 4.78 is 1.92.